The summed E-state index contributed by atoms with van der Waals surface area (Å²) in [6.45, 7) is 6.08. The Bertz CT molecular complexity index is 1370. The van der Waals surface area contributed by atoms with E-state index in [2.05, 4.69) is 41.1 Å². The highest BCUT2D eigenvalue weighted by Gasteiger charge is 2.14. The molecule has 31 heavy (non-hydrogen) atoms. The van der Waals surface area contributed by atoms with Crippen LogP contribution in [-0.2, 0) is 4.79 Å². The van der Waals surface area contributed by atoms with Crippen LogP contribution in [0.15, 0.2) is 78.4 Å². The molecule has 4 aromatic rings. The van der Waals surface area contributed by atoms with Gasteiger partial charge in [0.1, 0.15) is 11.6 Å². The van der Waals surface area contributed by atoms with Crippen molar-refractivity contribution in [3.8, 4) is 11.8 Å². The normalized spacial score (nSPS) is 11.4. The Morgan fingerprint density at radius 3 is 2.45 bits per heavy atom. The number of aryl methyl sites for hydroxylation is 2. The molecule has 4 nitrogen and oxygen atoms in total. The first-order chi connectivity index (χ1) is 15.0. The van der Waals surface area contributed by atoms with Gasteiger partial charge in [0.15, 0.2) is 0 Å². The molecule has 1 aromatic heterocycles. The fourth-order valence-electron chi connectivity index (χ4n) is 3.87. The lowest BCUT2D eigenvalue weighted by Crippen LogP contribution is -2.13. The number of anilines is 1. The molecule has 0 spiro atoms. The minimum Gasteiger partial charge on any atom is -0.321 e. The monoisotopic (exact) mass is 405 g/mol. The van der Waals surface area contributed by atoms with Crippen LogP contribution in [0.5, 0.6) is 0 Å². The maximum atomic E-state index is 12.8. The third-order valence-electron chi connectivity index (χ3n) is 5.40. The summed E-state index contributed by atoms with van der Waals surface area (Å²) in [5.41, 5.74) is 5.84. The van der Waals surface area contributed by atoms with Crippen LogP contribution in [0.4, 0.5) is 5.69 Å². The van der Waals surface area contributed by atoms with E-state index in [1.807, 2.05) is 68.4 Å². The topological polar surface area (TPSA) is 57.8 Å². The highest BCUT2D eigenvalue weighted by Crippen LogP contribution is 2.24. The van der Waals surface area contributed by atoms with Crippen molar-refractivity contribution in [2.75, 3.05) is 5.32 Å². The van der Waals surface area contributed by atoms with E-state index in [-0.39, 0.29) is 5.57 Å². The molecule has 1 amide bonds. The number of aromatic nitrogens is 1. The zero-order chi connectivity index (χ0) is 22.0. The maximum absolute atomic E-state index is 12.8. The molecule has 0 aliphatic heterocycles. The number of hydrogen-bond donors (Lipinski definition) is 1. The lowest BCUT2D eigenvalue weighted by atomic mass is 10.1. The van der Waals surface area contributed by atoms with Crippen LogP contribution in [-0.4, -0.2) is 10.5 Å². The molecule has 0 aliphatic carbocycles. The van der Waals surface area contributed by atoms with Crippen molar-refractivity contribution in [1.82, 2.24) is 4.57 Å². The van der Waals surface area contributed by atoms with E-state index < -0.39 is 5.91 Å². The fraction of sp³-hybridized carbons (Fsp3) is 0.111. The Kier molecular flexibility index (Phi) is 5.43. The van der Waals surface area contributed by atoms with Crippen LogP contribution in [0.2, 0.25) is 0 Å². The third kappa shape index (κ3) is 4.12. The largest absolute Gasteiger partial charge is 0.321 e. The second-order valence-electron chi connectivity index (χ2n) is 7.69. The summed E-state index contributed by atoms with van der Waals surface area (Å²) >= 11 is 0. The first-order valence-corrected chi connectivity index (χ1v) is 10.1. The number of carbonyl (C=O) groups is 1. The molecule has 0 unspecified atom stereocenters. The Morgan fingerprint density at radius 1 is 0.935 bits per heavy atom. The summed E-state index contributed by atoms with van der Waals surface area (Å²) in [6.07, 6.45) is 1.66. The molecule has 4 heteroatoms. The van der Waals surface area contributed by atoms with Crippen LogP contribution in [0.1, 0.15) is 22.5 Å². The SMILES string of the molecule is Cc1cccc(-n2c(C)cc(C=C(C#N)C(=O)Nc3ccc4ccccc4c3)c2C)c1. The Labute approximate surface area is 182 Å². The molecule has 0 saturated heterocycles. The molecule has 152 valence electrons. The molecule has 0 saturated carbocycles. The predicted molar refractivity (Wildman–Crippen MR) is 126 cm³/mol. The first kappa shape index (κ1) is 20.2. The van der Waals surface area contributed by atoms with Crippen LogP contribution >= 0.6 is 0 Å². The number of carbonyl (C=O) groups excluding carboxylic acids is 1. The van der Waals surface area contributed by atoms with Crippen molar-refractivity contribution in [2.24, 2.45) is 0 Å². The molecule has 0 bridgehead atoms. The lowest BCUT2D eigenvalue weighted by Gasteiger charge is -2.10. The third-order valence-corrected chi connectivity index (χ3v) is 5.40. The van der Waals surface area contributed by atoms with Crippen molar-refractivity contribution < 1.29 is 4.79 Å². The molecule has 1 N–H and O–H groups in total. The molecule has 0 radical (unpaired) electrons. The van der Waals surface area contributed by atoms with Gasteiger partial charge in [-0.1, -0.05) is 42.5 Å². The second kappa shape index (κ2) is 8.33. The van der Waals surface area contributed by atoms with Gasteiger partial charge in [-0.2, -0.15) is 5.26 Å². The predicted octanol–water partition coefficient (Wildman–Crippen LogP) is 6.10. The van der Waals surface area contributed by atoms with E-state index >= 15 is 0 Å². The number of nitriles is 1. The minimum absolute atomic E-state index is 0.0673. The number of fused-ring (bicyclic) bond motifs is 1. The van der Waals surface area contributed by atoms with Gasteiger partial charge >= 0.3 is 0 Å². The lowest BCUT2D eigenvalue weighted by molar-refractivity contribution is -0.112. The maximum Gasteiger partial charge on any atom is 0.266 e. The molecule has 0 aliphatic rings. The molecular formula is C27H23N3O. The van der Waals surface area contributed by atoms with Crippen LogP contribution in [0.3, 0.4) is 0 Å². The number of benzene rings is 3. The zero-order valence-corrected chi connectivity index (χ0v) is 17.8. The smallest absolute Gasteiger partial charge is 0.266 e. The zero-order valence-electron chi connectivity index (χ0n) is 17.8. The van der Waals surface area contributed by atoms with E-state index in [9.17, 15) is 10.1 Å². The standard InChI is InChI=1S/C27H23N3O/c1-18-7-6-10-26(13-18)30-19(2)14-23(20(30)3)15-24(17-28)27(31)29-25-12-11-21-8-4-5-9-22(21)16-25/h4-16H,1-3H3,(H,29,31). The van der Waals surface area contributed by atoms with Gasteiger partial charge in [-0.15, -0.1) is 0 Å². The second-order valence-corrected chi connectivity index (χ2v) is 7.69. The van der Waals surface area contributed by atoms with Gasteiger partial charge in [0.05, 0.1) is 0 Å². The molecular weight excluding hydrogens is 382 g/mol. The minimum atomic E-state index is -0.418. The van der Waals surface area contributed by atoms with Crippen LogP contribution < -0.4 is 5.32 Å². The summed E-state index contributed by atoms with van der Waals surface area (Å²) in [7, 11) is 0. The quantitative estimate of drug-likeness (QED) is 0.329. The molecule has 3 aromatic carbocycles. The average Bonchev–Trinajstić information content (AvgIpc) is 3.04. The Hall–Kier alpha value is -4.10. The highest BCUT2D eigenvalue weighted by atomic mass is 16.1. The highest BCUT2D eigenvalue weighted by molar-refractivity contribution is 6.10. The number of nitrogens with one attached hydrogen (secondary N) is 1. The fourth-order valence-corrected chi connectivity index (χ4v) is 3.87. The van der Waals surface area contributed by atoms with Crippen LogP contribution in [0.25, 0.3) is 22.5 Å². The van der Waals surface area contributed by atoms with Crippen molar-refractivity contribution in [2.45, 2.75) is 20.8 Å². The van der Waals surface area contributed by atoms with Crippen molar-refractivity contribution >= 4 is 28.4 Å². The summed E-state index contributed by atoms with van der Waals surface area (Å²) in [5.74, 6) is -0.418. The van der Waals surface area contributed by atoms with E-state index in [1.54, 1.807) is 6.08 Å². The van der Waals surface area contributed by atoms with Gasteiger partial charge in [-0.3, -0.25) is 4.79 Å². The number of rotatable bonds is 4. The van der Waals surface area contributed by atoms with Crippen molar-refractivity contribution in [3.63, 3.8) is 0 Å². The summed E-state index contributed by atoms with van der Waals surface area (Å²) in [4.78, 5) is 12.8. The first-order valence-electron chi connectivity index (χ1n) is 10.1. The van der Waals surface area contributed by atoms with E-state index in [4.69, 9.17) is 0 Å². The van der Waals surface area contributed by atoms with Crippen LogP contribution in [0, 0.1) is 32.1 Å². The van der Waals surface area contributed by atoms with E-state index in [1.165, 1.54) is 5.56 Å². The van der Waals surface area contributed by atoms with Gasteiger partial charge in [0.2, 0.25) is 0 Å². The number of amides is 1. The Morgan fingerprint density at radius 2 is 1.71 bits per heavy atom. The molecule has 0 fully saturated rings. The number of nitrogens with zero attached hydrogens (tertiary/aromatic N) is 2. The summed E-state index contributed by atoms with van der Waals surface area (Å²) in [6, 6.07) is 26.0. The Balaban J connectivity index is 1.64. The number of hydrogen-bond acceptors (Lipinski definition) is 2. The van der Waals surface area contributed by atoms with Gasteiger partial charge < -0.3 is 9.88 Å². The van der Waals surface area contributed by atoms with Crippen molar-refractivity contribution in [3.05, 3.63) is 101 Å². The summed E-state index contributed by atoms with van der Waals surface area (Å²) in [5, 5.41) is 14.6. The van der Waals surface area contributed by atoms with Gasteiger partial charge in [0, 0.05) is 22.8 Å². The van der Waals surface area contributed by atoms with Gasteiger partial charge in [-0.05, 0) is 79.1 Å². The molecule has 1 heterocycles. The van der Waals surface area contributed by atoms with Gasteiger partial charge in [-0.25, -0.2) is 0 Å². The van der Waals surface area contributed by atoms with Crippen molar-refractivity contribution in [1.29, 1.82) is 5.26 Å². The summed E-state index contributed by atoms with van der Waals surface area (Å²) < 4.78 is 2.13. The molecule has 0 atom stereocenters. The average molecular weight is 406 g/mol. The van der Waals surface area contributed by atoms with E-state index in [0.29, 0.717) is 5.69 Å². The van der Waals surface area contributed by atoms with E-state index in [0.717, 1.165) is 33.4 Å². The van der Waals surface area contributed by atoms with Gasteiger partial charge in [0.25, 0.3) is 5.91 Å². The molecule has 4 rings (SSSR count).